The van der Waals surface area contributed by atoms with Gasteiger partial charge >= 0.3 is 0 Å². The normalized spacial score (nSPS) is 14.5. The van der Waals surface area contributed by atoms with Crippen molar-refractivity contribution >= 4 is 5.82 Å². The van der Waals surface area contributed by atoms with Crippen molar-refractivity contribution < 1.29 is 9.47 Å². The fraction of sp³-hybridized carbons (Fsp3) is 0.667. The average Bonchev–Trinajstić information content (AvgIpc) is 2.59. The van der Waals surface area contributed by atoms with Crippen molar-refractivity contribution in [1.82, 2.24) is 4.98 Å². The maximum Gasteiger partial charge on any atom is 0.137 e. The van der Waals surface area contributed by atoms with Gasteiger partial charge in [0.25, 0.3) is 0 Å². The van der Waals surface area contributed by atoms with Crippen LogP contribution in [0.1, 0.15) is 25.7 Å². The predicted octanol–water partition coefficient (Wildman–Crippen LogP) is 3.17. The highest BCUT2D eigenvalue weighted by Crippen LogP contribution is 2.17. The minimum atomic E-state index is 0.588. The van der Waals surface area contributed by atoms with E-state index in [4.69, 9.17) is 15.0 Å². The average molecular weight is 305 g/mol. The second-order valence-electron chi connectivity index (χ2n) is 5.17. The first-order valence-electron chi connectivity index (χ1n) is 7.82. The SMILES string of the molecule is [N-]=[N+]=NCCCCCCOc1ccc(N2CCOCC2)nc1. The van der Waals surface area contributed by atoms with Crippen LogP contribution in [0.2, 0.25) is 0 Å². The van der Waals surface area contributed by atoms with E-state index in [9.17, 15) is 0 Å². The number of pyridine rings is 1. The summed E-state index contributed by atoms with van der Waals surface area (Å²) in [5.74, 6) is 1.79. The van der Waals surface area contributed by atoms with Gasteiger partial charge in [-0.15, -0.1) is 0 Å². The number of hydrogen-bond acceptors (Lipinski definition) is 5. The van der Waals surface area contributed by atoms with Gasteiger partial charge in [0.2, 0.25) is 0 Å². The van der Waals surface area contributed by atoms with Crippen molar-refractivity contribution in [3.05, 3.63) is 28.8 Å². The molecule has 120 valence electrons. The smallest absolute Gasteiger partial charge is 0.137 e. The Kier molecular flexibility index (Phi) is 7.35. The summed E-state index contributed by atoms with van der Waals surface area (Å²) < 4.78 is 11.0. The van der Waals surface area contributed by atoms with E-state index in [1.807, 2.05) is 12.1 Å². The fourth-order valence-corrected chi connectivity index (χ4v) is 2.31. The summed E-state index contributed by atoms with van der Waals surface area (Å²) in [7, 11) is 0. The monoisotopic (exact) mass is 305 g/mol. The molecule has 0 aromatic carbocycles. The molecule has 1 aliphatic rings. The van der Waals surface area contributed by atoms with E-state index in [2.05, 4.69) is 19.9 Å². The largest absolute Gasteiger partial charge is 0.492 e. The zero-order valence-corrected chi connectivity index (χ0v) is 12.9. The number of aromatic nitrogens is 1. The summed E-state index contributed by atoms with van der Waals surface area (Å²) in [5.41, 5.74) is 8.16. The lowest BCUT2D eigenvalue weighted by molar-refractivity contribution is 0.122. The third-order valence-electron chi connectivity index (χ3n) is 3.54. The molecule has 7 heteroatoms. The van der Waals surface area contributed by atoms with Crippen molar-refractivity contribution in [1.29, 1.82) is 0 Å². The van der Waals surface area contributed by atoms with Crippen LogP contribution < -0.4 is 9.64 Å². The Bertz CT molecular complexity index is 467. The lowest BCUT2D eigenvalue weighted by atomic mass is 10.2. The molecule has 0 amide bonds. The molecule has 0 atom stereocenters. The van der Waals surface area contributed by atoms with Crippen LogP contribution in [-0.4, -0.2) is 44.4 Å². The molecule has 0 radical (unpaired) electrons. The number of anilines is 1. The van der Waals surface area contributed by atoms with Crippen molar-refractivity contribution in [3.8, 4) is 5.75 Å². The first-order valence-corrected chi connectivity index (χ1v) is 7.82. The number of unbranched alkanes of at least 4 members (excludes halogenated alkanes) is 3. The Labute approximate surface area is 130 Å². The topological polar surface area (TPSA) is 83.4 Å². The zero-order valence-electron chi connectivity index (χ0n) is 12.9. The Morgan fingerprint density at radius 1 is 1.23 bits per heavy atom. The van der Waals surface area contributed by atoms with Crippen LogP contribution in [0.15, 0.2) is 23.4 Å². The molecule has 1 aromatic rings. The van der Waals surface area contributed by atoms with Crippen LogP contribution in [0.4, 0.5) is 5.82 Å². The van der Waals surface area contributed by atoms with E-state index in [1.54, 1.807) is 6.20 Å². The third kappa shape index (κ3) is 5.79. The summed E-state index contributed by atoms with van der Waals surface area (Å²) in [4.78, 5) is 9.40. The molecule has 1 fully saturated rings. The third-order valence-corrected chi connectivity index (χ3v) is 3.54. The van der Waals surface area contributed by atoms with E-state index in [1.165, 1.54) is 0 Å². The second-order valence-corrected chi connectivity index (χ2v) is 5.17. The summed E-state index contributed by atoms with van der Waals surface area (Å²) >= 11 is 0. The highest BCUT2D eigenvalue weighted by atomic mass is 16.5. The summed E-state index contributed by atoms with van der Waals surface area (Å²) in [6.07, 6.45) is 5.88. The minimum absolute atomic E-state index is 0.588. The molecule has 1 aliphatic heterocycles. The van der Waals surface area contributed by atoms with Crippen LogP contribution in [0, 0.1) is 0 Å². The fourth-order valence-electron chi connectivity index (χ4n) is 2.31. The van der Waals surface area contributed by atoms with Gasteiger partial charge in [-0.2, -0.15) is 0 Å². The lowest BCUT2D eigenvalue weighted by Crippen LogP contribution is -2.36. The van der Waals surface area contributed by atoms with Gasteiger partial charge in [0, 0.05) is 24.5 Å². The van der Waals surface area contributed by atoms with E-state index in [0.717, 1.165) is 63.6 Å². The number of nitrogens with zero attached hydrogens (tertiary/aromatic N) is 5. The lowest BCUT2D eigenvalue weighted by Gasteiger charge is -2.27. The van der Waals surface area contributed by atoms with E-state index in [-0.39, 0.29) is 0 Å². The van der Waals surface area contributed by atoms with E-state index >= 15 is 0 Å². The van der Waals surface area contributed by atoms with Gasteiger partial charge in [-0.1, -0.05) is 18.0 Å². The molecular formula is C15H23N5O2. The van der Waals surface area contributed by atoms with Gasteiger partial charge in [-0.3, -0.25) is 0 Å². The molecule has 0 saturated carbocycles. The highest BCUT2D eigenvalue weighted by molar-refractivity contribution is 5.41. The summed E-state index contributed by atoms with van der Waals surface area (Å²) in [5, 5.41) is 3.51. The zero-order chi connectivity index (χ0) is 15.5. The molecule has 22 heavy (non-hydrogen) atoms. The van der Waals surface area contributed by atoms with Crippen molar-refractivity contribution in [2.45, 2.75) is 25.7 Å². The maximum absolute atomic E-state index is 8.16. The molecule has 0 bridgehead atoms. The molecule has 0 aliphatic carbocycles. The van der Waals surface area contributed by atoms with Gasteiger partial charge in [0.1, 0.15) is 11.6 Å². The van der Waals surface area contributed by atoms with Crippen LogP contribution in [0.5, 0.6) is 5.75 Å². The van der Waals surface area contributed by atoms with Crippen LogP contribution in [-0.2, 0) is 4.74 Å². The first-order chi connectivity index (χ1) is 10.9. The summed E-state index contributed by atoms with van der Waals surface area (Å²) in [6, 6.07) is 3.97. The molecule has 0 unspecified atom stereocenters. The van der Waals surface area contributed by atoms with Crippen LogP contribution >= 0.6 is 0 Å². The molecule has 0 N–H and O–H groups in total. The molecule has 2 rings (SSSR count). The molecule has 1 saturated heterocycles. The van der Waals surface area contributed by atoms with Crippen LogP contribution in [0.3, 0.4) is 0 Å². The first kappa shape index (κ1) is 16.4. The standard InChI is InChI=1S/C15H23N5O2/c16-19-18-7-3-1-2-4-10-22-14-5-6-15(17-13-14)20-8-11-21-12-9-20/h5-6,13H,1-4,7-12H2. The molecule has 0 spiro atoms. The highest BCUT2D eigenvalue weighted by Gasteiger charge is 2.11. The molecule has 7 nitrogen and oxygen atoms in total. The van der Waals surface area contributed by atoms with E-state index in [0.29, 0.717) is 13.2 Å². The number of azide groups is 1. The van der Waals surface area contributed by atoms with Gasteiger partial charge in [0.15, 0.2) is 0 Å². The Morgan fingerprint density at radius 3 is 2.77 bits per heavy atom. The Balaban J connectivity index is 1.61. The van der Waals surface area contributed by atoms with E-state index < -0.39 is 0 Å². The maximum atomic E-state index is 8.16. The van der Waals surface area contributed by atoms with Gasteiger partial charge in [-0.05, 0) is 30.5 Å². The number of morpholine rings is 1. The number of ether oxygens (including phenoxy) is 2. The van der Waals surface area contributed by atoms with Crippen molar-refractivity contribution in [2.24, 2.45) is 5.11 Å². The van der Waals surface area contributed by atoms with Crippen molar-refractivity contribution in [2.75, 3.05) is 44.4 Å². The summed E-state index contributed by atoms with van der Waals surface area (Å²) in [6.45, 7) is 4.59. The Morgan fingerprint density at radius 2 is 2.05 bits per heavy atom. The minimum Gasteiger partial charge on any atom is -0.492 e. The second kappa shape index (κ2) is 9.87. The van der Waals surface area contributed by atoms with Gasteiger partial charge < -0.3 is 14.4 Å². The molecule has 1 aromatic heterocycles. The number of hydrogen-bond donors (Lipinski definition) is 0. The number of rotatable bonds is 9. The van der Waals surface area contributed by atoms with Gasteiger partial charge in [-0.25, -0.2) is 4.98 Å². The van der Waals surface area contributed by atoms with Gasteiger partial charge in [0.05, 0.1) is 26.0 Å². The Hall–Kier alpha value is -1.98. The van der Waals surface area contributed by atoms with Crippen LogP contribution in [0.25, 0.3) is 10.4 Å². The predicted molar refractivity (Wildman–Crippen MR) is 85.2 cm³/mol. The quantitative estimate of drug-likeness (QED) is 0.303. The van der Waals surface area contributed by atoms with Crippen molar-refractivity contribution in [3.63, 3.8) is 0 Å². The molecular weight excluding hydrogens is 282 g/mol. The molecule has 2 heterocycles.